The molecule has 1 saturated carbocycles. The number of aromatic amines is 2. The van der Waals surface area contributed by atoms with Crippen molar-refractivity contribution in [3.63, 3.8) is 0 Å². The molecule has 0 spiro atoms. The molecule has 1 aliphatic rings. The van der Waals surface area contributed by atoms with Crippen LogP contribution in [-0.2, 0) is 0 Å². The van der Waals surface area contributed by atoms with Crippen molar-refractivity contribution in [1.82, 2.24) is 20.2 Å². The van der Waals surface area contributed by atoms with Gasteiger partial charge in [0.1, 0.15) is 5.82 Å². The highest BCUT2D eigenvalue weighted by Crippen LogP contribution is 2.35. The highest BCUT2D eigenvalue weighted by atomic mass is 16.2. The first-order chi connectivity index (χ1) is 13.2. The average Bonchev–Trinajstić information content (AvgIpc) is 3.03. The van der Waals surface area contributed by atoms with Crippen LogP contribution < -0.4 is 10.9 Å². The van der Waals surface area contributed by atoms with E-state index < -0.39 is 0 Å². The Morgan fingerprint density at radius 1 is 1.11 bits per heavy atom. The largest absolute Gasteiger partial charge is 0.342 e. The van der Waals surface area contributed by atoms with Gasteiger partial charge in [-0.25, -0.2) is 10.1 Å². The fourth-order valence-electron chi connectivity index (χ4n) is 3.46. The normalized spacial score (nSPS) is 14.4. The molecule has 1 aliphatic carbocycles. The maximum Gasteiger partial charge on any atom is 0.276 e. The van der Waals surface area contributed by atoms with Crippen LogP contribution in [0.1, 0.15) is 41.5 Å². The van der Waals surface area contributed by atoms with Crippen LogP contribution in [0.4, 0.5) is 5.69 Å². The zero-order valence-corrected chi connectivity index (χ0v) is 14.5. The predicted octanol–water partition coefficient (Wildman–Crippen LogP) is 3.32. The molecule has 7 heteroatoms. The van der Waals surface area contributed by atoms with Gasteiger partial charge in [0, 0.05) is 17.0 Å². The van der Waals surface area contributed by atoms with E-state index in [1.54, 1.807) is 24.3 Å². The van der Waals surface area contributed by atoms with Crippen LogP contribution in [0, 0.1) is 0 Å². The number of anilines is 1. The number of benzene rings is 2. The van der Waals surface area contributed by atoms with E-state index in [-0.39, 0.29) is 17.2 Å². The van der Waals surface area contributed by atoms with Crippen molar-refractivity contribution in [1.29, 1.82) is 0 Å². The molecule has 2 aromatic carbocycles. The van der Waals surface area contributed by atoms with Crippen LogP contribution in [-0.4, -0.2) is 26.1 Å². The Balaban J connectivity index is 1.47. The Bertz CT molecular complexity index is 1240. The predicted molar refractivity (Wildman–Crippen MR) is 103 cm³/mol. The summed E-state index contributed by atoms with van der Waals surface area (Å²) >= 11 is 0. The molecule has 4 aromatic rings. The lowest BCUT2D eigenvalue weighted by Crippen LogP contribution is -2.19. The third-order valence-corrected chi connectivity index (χ3v) is 5.16. The number of hydrogen-bond acceptors (Lipinski definition) is 4. The van der Waals surface area contributed by atoms with Crippen molar-refractivity contribution >= 4 is 33.4 Å². The Labute approximate surface area is 153 Å². The lowest BCUT2D eigenvalue weighted by Gasteiger charge is -2.22. The van der Waals surface area contributed by atoms with E-state index in [0.717, 1.165) is 16.9 Å². The second kappa shape index (κ2) is 6.05. The number of carbonyl (C=O) groups is 1. The summed E-state index contributed by atoms with van der Waals surface area (Å²) in [6.45, 7) is 0. The quantitative estimate of drug-likeness (QED) is 0.522. The van der Waals surface area contributed by atoms with Crippen molar-refractivity contribution in [3.05, 3.63) is 64.3 Å². The molecule has 3 N–H and O–H groups in total. The highest BCUT2D eigenvalue weighted by Gasteiger charge is 2.22. The second-order valence-electron chi connectivity index (χ2n) is 6.88. The van der Waals surface area contributed by atoms with E-state index in [1.165, 1.54) is 19.3 Å². The number of carbonyl (C=O) groups excluding carboxylic acids is 1. The fourth-order valence-corrected chi connectivity index (χ4v) is 3.46. The smallest absolute Gasteiger partial charge is 0.276 e. The lowest BCUT2D eigenvalue weighted by molar-refractivity contribution is 0.102. The maximum absolute atomic E-state index is 12.7. The van der Waals surface area contributed by atoms with Crippen molar-refractivity contribution < 1.29 is 4.79 Å². The molecule has 2 heterocycles. The number of hydrogen-bond donors (Lipinski definition) is 3. The topological polar surface area (TPSA) is 104 Å². The Hall–Kier alpha value is -3.48. The summed E-state index contributed by atoms with van der Waals surface area (Å²) in [5.41, 5.74) is 2.31. The van der Waals surface area contributed by atoms with Crippen LogP contribution in [0.3, 0.4) is 0 Å². The van der Waals surface area contributed by atoms with Crippen molar-refractivity contribution in [2.45, 2.75) is 25.2 Å². The van der Waals surface area contributed by atoms with Crippen LogP contribution >= 0.6 is 0 Å². The van der Waals surface area contributed by atoms with Crippen molar-refractivity contribution in [2.24, 2.45) is 0 Å². The number of fused-ring (bicyclic) bond motifs is 2. The number of nitrogens with one attached hydrogen (secondary N) is 3. The average molecular weight is 359 g/mol. The number of imidazole rings is 1. The summed E-state index contributed by atoms with van der Waals surface area (Å²) < 4.78 is 0. The molecule has 7 nitrogen and oxygen atoms in total. The van der Waals surface area contributed by atoms with E-state index in [0.29, 0.717) is 22.4 Å². The number of amides is 1. The molecule has 0 unspecified atom stereocenters. The molecule has 27 heavy (non-hydrogen) atoms. The highest BCUT2D eigenvalue weighted by molar-refractivity contribution is 6.11. The van der Waals surface area contributed by atoms with Gasteiger partial charge in [-0.15, -0.1) is 0 Å². The van der Waals surface area contributed by atoms with Crippen molar-refractivity contribution in [3.8, 4) is 0 Å². The van der Waals surface area contributed by atoms with Gasteiger partial charge in [-0.1, -0.05) is 24.6 Å². The van der Waals surface area contributed by atoms with Gasteiger partial charge < -0.3 is 10.3 Å². The molecule has 0 atom stereocenters. The van der Waals surface area contributed by atoms with Gasteiger partial charge in [0.2, 0.25) is 0 Å². The summed E-state index contributed by atoms with van der Waals surface area (Å²) in [5, 5.41) is 10.1. The minimum absolute atomic E-state index is 0.185. The van der Waals surface area contributed by atoms with Crippen molar-refractivity contribution in [2.75, 3.05) is 5.32 Å². The fraction of sp³-hybridized carbons (Fsp3) is 0.200. The third kappa shape index (κ3) is 2.68. The maximum atomic E-state index is 12.7. The molecule has 5 rings (SSSR count). The van der Waals surface area contributed by atoms with Crippen LogP contribution in [0.15, 0.2) is 47.3 Å². The standard InChI is InChI=1S/C20H17N5O2/c26-19-14-7-2-1-6-13(14)17(24-25-19)20(27)21-12-8-9-15-16(10-12)23-18(22-15)11-4-3-5-11/h1-2,6-11H,3-5H2,(H,21,27)(H,22,23)(H,25,26). The zero-order valence-electron chi connectivity index (χ0n) is 14.5. The van der Waals surface area contributed by atoms with E-state index in [1.807, 2.05) is 18.2 Å². The van der Waals surface area contributed by atoms with Gasteiger partial charge >= 0.3 is 0 Å². The Morgan fingerprint density at radius 2 is 1.93 bits per heavy atom. The first-order valence-electron chi connectivity index (χ1n) is 8.97. The first kappa shape index (κ1) is 15.7. The van der Waals surface area contributed by atoms with Gasteiger partial charge in [-0.05, 0) is 37.1 Å². The minimum atomic E-state index is -0.375. The van der Waals surface area contributed by atoms with Crippen LogP contribution in [0.5, 0.6) is 0 Å². The summed E-state index contributed by atoms with van der Waals surface area (Å²) in [6, 6.07) is 12.5. The summed E-state index contributed by atoms with van der Waals surface area (Å²) in [4.78, 5) is 32.6. The number of aromatic nitrogens is 4. The van der Waals surface area contributed by atoms with Gasteiger partial charge in [0.15, 0.2) is 5.69 Å². The first-order valence-corrected chi connectivity index (χ1v) is 8.97. The van der Waals surface area contributed by atoms with Crippen LogP contribution in [0.25, 0.3) is 21.8 Å². The molecular weight excluding hydrogens is 342 g/mol. The molecule has 2 aromatic heterocycles. The Morgan fingerprint density at radius 3 is 2.70 bits per heavy atom. The summed E-state index contributed by atoms with van der Waals surface area (Å²) in [5.74, 6) is 1.17. The number of rotatable bonds is 3. The number of H-pyrrole nitrogens is 2. The minimum Gasteiger partial charge on any atom is -0.342 e. The monoisotopic (exact) mass is 359 g/mol. The van der Waals surface area contributed by atoms with E-state index in [9.17, 15) is 9.59 Å². The van der Waals surface area contributed by atoms with E-state index in [2.05, 4.69) is 25.5 Å². The SMILES string of the molecule is O=C(Nc1ccc2nc(C3CCC3)[nH]c2c1)c1n[nH]c(=O)c2ccccc12. The van der Waals surface area contributed by atoms with Gasteiger partial charge in [0.05, 0.1) is 16.4 Å². The lowest BCUT2D eigenvalue weighted by atomic mass is 9.85. The summed E-state index contributed by atoms with van der Waals surface area (Å²) in [6.07, 6.45) is 3.60. The molecule has 0 saturated heterocycles. The van der Waals surface area contributed by atoms with Gasteiger partial charge in [-0.3, -0.25) is 9.59 Å². The zero-order chi connectivity index (χ0) is 18.4. The summed E-state index contributed by atoms with van der Waals surface area (Å²) in [7, 11) is 0. The Kier molecular flexibility index (Phi) is 3.53. The second-order valence-corrected chi connectivity index (χ2v) is 6.88. The van der Waals surface area contributed by atoms with E-state index >= 15 is 0 Å². The van der Waals surface area contributed by atoms with E-state index in [4.69, 9.17) is 0 Å². The molecule has 0 aliphatic heterocycles. The van der Waals surface area contributed by atoms with Gasteiger partial charge in [-0.2, -0.15) is 5.10 Å². The molecular formula is C20H17N5O2. The molecule has 134 valence electrons. The van der Waals surface area contributed by atoms with Crippen LogP contribution in [0.2, 0.25) is 0 Å². The molecule has 1 fully saturated rings. The molecule has 1 amide bonds. The molecule has 0 bridgehead atoms. The van der Waals surface area contributed by atoms with Gasteiger partial charge in [0.25, 0.3) is 11.5 Å². The third-order valence-electron chi connectivity index (χ3n) is 5.16. The number of nitrogens with zero attached hydrogens (tertiary/aromatic N) is 2. The molecule has 0 radical (unpaired) electrons.